The van der Waals surface area contributed by atoms with E-state index in [1.54, 1.807) is 5.57 Å². The van der Waals surface area contributed by atoms with Crippen LogP contribution in [0.2, 0.25) is 0 Å². The van der Waals surface area contributed by atoms with Crippen LogP contribution in [0, 0.1) is 23.2 Å². The molecule has 1 fully saturated rings. The second kappa shape index (κ2) is 8.54. The number of aromatic nitrogens is 3. The number of allylic oxidation sites excluding steroid dienone is 2. The molecule has 5 nitrogen and oxygen atoms in total. The van der Waals surface area contributed by atoms with E-state index < -0.39 is 0 Å². The maximum Gasteiger partial charge on any atom is 0.247 e. The molecule has 0 spiro atoms. The normalized spacial score (nSPS) is 28.0. The van der Waals surface area contributed by atoms with E-state index >= 15 is 0 Å². The number of nitrogens with zero attached hydrogens (tertiary/aromatic N) is 3. The SMILES string of the molecule is C=CCSc1nnc2c(n1)O[C@H]([C@@H]1C[C@H]3C(=CCCC3(C)C)C[C@H]1C)Nc1ccccc1-2. The Balaban J connectivity index is 1.51. The highest BCUT2D eigenvalue weighted by molar-refractivity contribution is 7.99. The van der Waals surface area contributed by atoms with Crippen LogP contribution in [0.25, 0.3) is 11.3 Å². The van der Waals surface area contributed by atoms with Crippen LogP contribution in [-0.4, -0.2) is 27.2 Å². The third kappa shape index (κ3) is 3.94. The Kier molecular flexibility index (Phi) is 5.74. The van der Waals surface area contributed by atoms with Gasteiger partial charge in [-0.25, -0.2) is 0 Å². The quantitative estimate of drug-likeness (QED) is 0.434. The summed E-state index contributed by atoms with van der Waals surface area (Å²) in [5.74, 6) is 2.84. The molecule has 2 heterocycles. The van der Waals surface area contributed by atoms with Crippen molar-refractivity contribution in [2.75, 3.05) is 11.1 Å². The van der Waals surface area contributed by atoms with Crippen molar-refractivity contribution < 1.29 is 4.74 Å². The van der Waals surface area contributed by atoms with Crippen molar-refractivity contribution in [1.82, 2.24) is 15.2 Å². The zero-order valence-corrected chi connectivity index (χ0v) is 20.0. The number of para-hydroxylation sites is 1. The van der Waals surface area contributed by atoms with Gasteiger partial charge in [-0.1, -0.05) is 68.5 Å². The van der Waals surface area contributed by atoms with E-state index in [-0.39, 0.29) is 6.23 Å². The van der Waals surface area contributed by atoms with Gasteiger partial charge < -0.3 is 10.1 Å². The molecule has 168 valence electrons. The molecule has 0 saturated heterocycles. The van der Waals surface area contributed by atoms with Gasteiger partial charge in [0.05, 0.1) is 0 Å². The minimum Gasteiger partial charge on any atom is -0.452 e. The maximum absolute atomic E-state index is 6.63. The predicted molar refractivity (Wildman–Crippen MR) is 131 cm³/mol. The summed E-state index contributed by atoms with van der Waals surface area (Å²) in [6, 6.07) is 8.25. The number of anilines is 1. The first-order valence-electron chi connectivity index (χ1n) is 11.7. The molecule has 6 heteroatoms. The van der Waals surface area contributed by atoms with Gasteiger partial charge in [-0.05, 0) is 49.0 Å². The molecule has 0 bridgehead atoms. The Morgan fingerprint density at radius 3 is 2.97 bits per heavy atom. The van der Waals surface area contributed by atoms with Crippen molar-refractivity contribution in [3.8, 4) is 17.1 Å². The molecule has 1 N–H and O–H groups in total. The van der Waals surface area contributed by atoms with Gasteiger partial charge in [0.1, 0.15) is 0 Å². The van der Waals surface area contributed by atoms with Gasteiger partial charge >= 0.3 is 0 Å². The zero-order valence-electron chi connectivity index (χ0n) is 19.2. The highest BCUT2D eigenvalue weighted by Gasteiger charge is 2.44. The van der Waals surface area contributed by atoms with Crippen LogP contribution in [-0.2, 0) is 0 Å². The number of nitrogens with one attached hydrogen (secondary N) is 1. The summed E-state index contributed by atoms with van der Waals surface area (Å²) in [7, 11) is 0. The minimum atomic E-state index is -0.152. The van der Waals surface area contributed by atoms with E-state index in [2.05, 4.69) is 67.1 Å². The molecular weight excluding hydrogens is 416 g/mol. The van der Waals surface area contributed by atoms with E-state index in [1.807, 2.05) is 12.1 Å². The summed E-state index contributed by atoms with van der Waals surface area (Å²) >= 11 is 1.52. The van der Waals surface area contributed by atoms with E-state index in [9.17, 15) is 0 Å². The molecule has 0 radical (unpaired) electrons. The molecule has 2 aliphatic carbocycles. The highest BCUT2D eigenvalue weighted by atomic mass is 32.2. The van der Waals surface area contributed by atoms with Crippen molar-refractivity contribution in [1.29, 1.82) is 0 Å². The van der Waals surface area contributed by atoms with E-state index in [1.165, 1.54) is 24.6 Å². The Morgan fingerprint density at radius 1 is 1.28 bits per heavy atom. The Labute approximate surface area is 195 Å². The zero-order chi connectivity index (χ0) is 22.3. The minimum absolute atomic E-state index is 0.152. The molecular formula is C26H32N4OS. The summed E-state index contributed by atoms with van der Waals surface area (Å²) < 4.78 is 6.63. The number of fused-ring (bicyclic) bond motifs is 4. The fourth-order valence-electron chi connectivity index (χ4n) is 5.65. The average Bonchev–Trinajstić information content (AvgIpc) is 2.93. The van der Waals surface area contributed by atoms with Crippen molar-refractivity contribution in [3.05, 3.63) is 48.6 Å². The van der Waals surface area contributed by atoms with Gasteiger partial charge in [0.2, 0.25) is 11.0 Å². The second-order valence-electron chi connectivity index (χ2n) is 10.0. The standard InChI is InChI=1S/C26H32N4OS/c1-5-13-32-25-28-24-22(29-30-25)18-10-6-7-11-21(18)27-23(31-24)19-15-20-17(14-16(19)2)9-8-12-26(20,3)4/h5-7,9-11,16,19-20,23,27H,1,8,12-15H2,2-4H3/t16-,19-,20+,23-/m1/s1. The summed E-state index contributed by atoms with van der Waals surface area (Å²) in [4.78, 5) is 4.76. The van der Waals surface area contributed by atoms with Crippen LogP contribution in [0.1, 0.15) is 46.5 Å². The highest BCUT2D eigenvalue weighted by Crippen LogP contribution is 2.52. The molecule has 3 aliphatic rings. The smallest absolute Gasteiger partial charge is 0.247 e. The lowest BCUT2D eigenvalue weighted by molar-refractivity contribution is 0.0519. The maximum atomic E-state index is 6.63. The fraction of sp³-hybridized carbons (Fsp3) is 0.500. The van der Waals surface area contributed by atoms with Gasteiger partial charge in [0.15, 0.2) is 11.9 Å². The lowest BCUT2D eigenvalue weighted by Crippen LogP contribution is -2.45. The molecule has 1 aromatic heterocycles. The molecule has 5 rings (SSSR count). The van der Waals surface area contributed by atoms with Gasteiger partial charge in [-0.15, -0.1) is 16.8 Å². The molecule has 1 saturated carbocycles. The van der Waals surface area contributed by atoms with E-state index in [0.29, 0.717) is 39.9 Å². The molecule has 1 aliphatic heterocycles. The largest absolute Gasteiger partial charge is 0.452 e. The van der Waals surface area contributed by atoms with E-state index in [4.69, 9.17) is 9.72 Å². The first kappa shape index (κ1) is 21.5. The molecule has 4 atom stereocenters. The number of hydrogen-bond acceptors (Lipinski definition) is 6. The first-order valence-corrected chi connectivity index (χ1v) is 12.6. The van der Waals surface area contributed by atoms with Crippen LogP contribution in [0.3, 0.4) is 0 Å². The molecule has 0 amide bonds. The number of rotatable bonds is 4. The first-order chi connectivity index (χ1) is 15.5. The van der Waals surface area contributed by atoms with Crippen LogP contribution in [0.5, 0.6) is 5.88 Å². The van der Waals surface area contributed by atoms with Crippen molar-refractivity contribution in [2.45, 2.75) is 57.8 Å². The summed E-state index contributed by atoms with van der Waals surface area (Å²) in [5.41, 5.74) is 4.73. The van der Waals surface area contributed by atoms with Crippen molar-refractivity contribution >= 4 is 17.4 Å². The lowest BCUT2D eigenvalue weighted by atomic mass is 9.59. The van der Waals surface area contributed by atoms with Gasteiger partial charge in [-0.2, -0.15) is 4.98 Å². The molecule has 2 aromatic rings. The number of benzene rings is 1. The van der Waals surface area contributed by atoms with Crippen molar-refractivity contribution in [2.24, 2.45) is 23.2 Å². The second-order valence-corrected chi connectivity index (χ2v) is 11.0. The summed E-state index contributed by atoms with van der Waals surface area (Å²) in [6.45, 7) is 11.0. The number of thioether (sulfide) groups is 1. The monoisotopic (exact) mass is 448 g/mol. The number of ether oxygens (including phenoxy) is 1. The van der Waals surface area contributed by atoms with Crippen LogP contribution in [0.4, 0.5) is 5.69 Å². The molecule has 1 aromatic carbocycles. The lowest BCUT2D eigenvalue weighted by Gasteiger charge is -2.48. The molecule has 32 heavy (non-hydrogen) atoms. The van der Waals surface area contributed by atoms with Crippen LogP contribution in [0.15, 0.2) is 53.7 Å². The average molecular weight is 449 g/mol. The van der Waals surface area contributed by atoms with Gasteiger partial charge in [0.25, 0.3) is 0 Å². The Bertz CT molecular complexity index is 1050. The van der Waals surface area contributed by atoms with Gasteiger partial charge in [0, 0.05) is 22.9 Å². The topological polar surface area (TPSA) is 59.9 Å². The van der Waals surface area contributed by atoms with Crippen molar-refractivity contribution in [3.63, 3.8) is 0 Å². The predicted octanol–water partition coefficient (Wildman–Crippen LogP) is 6.36. The summed E-state index contributed by atoms with van der Waals surface area (Å²) in [6.07, 6.45) is 8.95. The van der Waals surface area contributed by atoms with Gasteiger partial charge in [-0.3, -0.25) is 0 Å². The Morgan fingerprint density at radius 2 is 2.12 bits per heavy atom. The fourth-order valence-corrected chi connectivity index (χ4v) is 6.16. The van der Waals surface area contributed by atoms with Crippen LogP contribution >= 0.6 is 11.8 Å². The summed E-state index contributed by atoms with van der Waals surface area (Å²) in [5, 5.41) is 13.2. The van der Waals surface area contributed by atoms with Crippen LogP contribution < -0.4 is 10.1 Å². The van der Waals surface area contributed by atoms with E-state index in [0.717, 1.165) is 29.8 Å². The molecule has 0 unspecified atom stereocenters. The third-order valence-electron chi connectivity index (χ3n) is 7.46. The third-order valence-corrected chi connectivity index (χ3v) is 8.29. The Hall–Kier alpha value is -2.34. The number of hydrogen-bond donors (Lipinski definition) is 1.